The van der Waals surface area contributed by atoms with Gasteiger partial charge in [-0.1, -0.05) is 11.6 Å². The van der Waals surface area contributed by atoms with Crippen molar-refractivity contribution < 1.29 is 19.4 Å². The second-order valence-electron chi connectivity index (χ2n) is 5.45. The van der Waals surface area contributed by atoms with Crippen LogP contribution >= 0.6 is 11.6 Å². The Hall–Kier alpha value is -1.79. The van der Waals surface area contributed by atoms with Crippen molar-refractivity contribution in [2.45, 2.75) is 19.4 Å². The van der Waals surface area contributed by atoms with Crippen LogP contribution in [0.3, 0.4) is 0 Å². The smallest absolute Gasteiger partial charge is 0.335 e. The van der Waals surface area contributed by atoms with Crippen LogP contribution in [-0.2, 0) is 4.74 Å². The largest absolute Gasteiger partial charge is 0.478 e. The summed E-state index contributed by atoms with van der Waals surface area (Å²) in [7, 11) is 0. The highest BCUT2D eigenvalue weighted by molar-refractivity contribution is 6.34. The number of rotatable bonds is 2. The molecular weight excluding hydrogens is 296 g/mol. The maximum atomic E-state index is 12.3. The first-order valence-corrected chi connectivity index (χ1v) is 6.88. The first kappa shape index (κ1) is 15.6. The van der Waals surface area contributed by atoms with Gasteiger partial charge in [0.2, 0.25) is 0 Å². The first-order valence-electron chi connectivity index (χ1n) is 6.50. The Labute approximate surface area is 127 Å². The molecule has 1 aromatic rings. The van der Waals surface area contributed by atoms with Gasteiger partial charge in [0.25, 0.3) is 0 Å². The Kier molecular flexibility index (Phi) is 4.39. The van der Waals surface area contributed by atoms with E-state index in [1.54, 1.807) is 4.90 Å². The van der Waals surface area contributed by atoms with Gasteiger partial charge in [0.15, 0.2) is 0 Å². The third-order valence-electron chi connectivity index (χ3n) is 3.35. The number of carbonyl (C=O) groups excluding carboxylic acids is 1. The second kappa shape index (κ2) is 5.91. The summed E-state index contributed by atoms with van der Waals surface area (Å²) in [5.74, 6) is -1.07. The number of benzene rings is 1. The van der Waals surface area contributed by atoms with Gasteiger partial charge in [-0.2, -0.15) is 0 Å². The first-order chi connectivity index (χ1) is 9.81. The van der Waals surface area contributed by atoms with E-state index >= 15 is 0 Å². The summed E-state index contributed by atoms with van der Waals surface area (Å²) in [6, 6.07) is 3.91. The highest BCUT2D eigenvalue weighted by Crippen LogP contribution is 2.25. The zero-order valence-electron chi connectivity index (χ0n) is 11.9. The van der Waals surface area contributed by atoms with E-state index in [0.717, 1.165) is 0 Å². The summed E-state index contributed by atoms with van der Waals surface area (Å²) in [4.78, 5) is 24.9. The molecular formula is C14H17ClN2O4. The molecule has 1 fully saturated rings. The number of nitrogens with zero attached hydrogens (tertiary/aromatic N) is 1. The zero-order valence-corrected chi connectivity index (χ0v) is 12.6. The van der Waals surface area contributed by atoms with Gasteiger partial charge in [0, 0.05) is 6.54 Å². The van der Waals surface area contributed by atoms with Crippen LogP contribution in [0.25, 0.3) is 0 Å². The van der Waals surface area contributed by atoms with Gasteiger partial charge in [-0.15, -0.1) is 0 Å². The molecule has 0 unspecified atom stereocenters. The van der Waals surface area contributed by atoms with E-state index in [4.69, 9.17) is 21.4 Å². The molecule has 6 nitrogen and oxygen atoms in total. The van der Waals surface area contributed by atoms with E-state index < -0.39 is 11.5 Å². The van der Waals surface area contributed by atoms with Gasteiger partial charge in [0.1, 0.15) is 0 Å². The van der Waals surface area contributed by atoms with Gasteiger partial charge in [-0.3, -0.25) is 0 Å². The molecule has 0 saturated carbocycles. The van der Waals surface area contributed by atoms with E-state index in [-0.39, 0.29) is 16.6 Å². The third-order valence-corrected chi connectivity index (χ3v) is 3.66. The van der Waals surface area contributed by atoms with E-state index in [1.165, 1.54) is 18.2 Å². The minimum Gasteiger partial charge on any atom is -0.478 e. The van der Waals surface area contributed by atoms with Crippen molar-refractivity contribution in [2.75, 3.05) is 25.1 Å². The van der Waals surface area contributed by atoms with Crippen LogP contribution < -0.4 is 5.32 Å². The topological polar surface area (TPSA) is 78.9 Å². The van der Waals surface area contributed by atoms with Gasteiger partial charge in [-0.25, -0.2) is 9.59 Å². The monoisotopic (exact) mass is 312 g/mol. The number of nitrogens with one attached hydrogen (secondary N) is 1. The van der Waals surface area contributed by atoms with Crippen LogP contribution in [0.1, 0.15) is 24.2 Å². The molecule has 114 valence electrons. The van der Waals surface area contributed by atoms with Crippen LogP contribution in [0.4, 0.5) is 10.5 Å². The molecule has 2 amide bonds. The van der Waals surface area contributed by atoms with Gasteiger partial charge < -0.3 is 20.1 Å². The van der Waals surface area contributed by atoms with Crippen molar-refractivity contribution in [1.29, 1.82) is 0 Å². The summed E-state index contributed by atoms with van der Waals surface area (Å²) in [6.07, 6.45) is 0. The van der Waals surface area contributed by atoms with Crippen LogP contribution in [0.5, 0.6) is 0 Å². The molecule has 0 atom stereocenters. The lowest BCUT2D eigenvalue weighted by molar-refractivity contribution is -0.0249. The van der Waals surface area contributed by atoms with Gasteiger partial charge in [0.05, 0.1) is 35.0 Å². The van der Waals surface area contributed by atoms with Crippen LogP contribution in [0.2, 0.25) is 5.02 Å². The number of anilines is 1. The summed E-state index contributed by atoms with van der Waals surface area (Å²) >= 11 is 6.01. The molecule has 1 aliphatic heterocycles. The number of ether oxygens (including phenoxy) is 1. The van der Waals surface area contributed by atoms with Crippen molar-refractivity contribution >= 4 is 29.3 Å². The van der Waals surface area contributed by atoms with Gasteiger partial charge in [-0.05, 0) is 32.0 Å². The Bertz CT molecular complexity index is 574. The molecule has 2 rings (SSSR count). The fourth-order valence-corrected chi connectivity index (χ4v) is 2.39. The molecule has 0 spiro atoms. The average molecular weight is 313 g/mol. The molecule has 21 heavy (non-hydrogen) atoms. The maximum Gasteiger partial charge on any atom is 0.335 e. The van der Waals surface area contributed by atoms with Crippen LogP contribution in [-0.4, -0.2) is 47.3 Å². The molecule has 1 saturated heterocycles. The minimum absolute atomic E-state index is 0.0738. The number of hydrogen-bond acceptors (Lipinski definition) is 3. The molecule has 0 aromatic heterocycles. The molecule has 0 radical (unpaired) electrons. The number of carboxylic acid groups (broad SMARTS) is 1. The van der Waals surface area contributed by atoms with Crippen LogP contribution in [0.15, 0.2) is 18.2 Å². The average Bonchev–Trinajstić information content (AvgIpc) is 2.40. The van der Waals surface area contributed by atoms with E-state index in [2.05, 4.69) is 5.32 Å². The maximum absolute atomic E-state index is 12.3. The predicted molar refractivity (Wildman–Crippen MR) is 79.0 cm³/mol. The number of halogens is 1. The summed E-state index contributed by atoms with van der Waals surface area (Å²) in [5.41, 5.74) is 0.0502. The summed E-state index contributed by atoms with van der Waals surface area (Å²) in [6.45, 7) is 5.28. The minimum atomic E-state index is -1.07. The number of hydrogen-bond donors (Lipinski definition) is 2. The second-order valence-corrected chi connectivity index (χ2v) is 5.85. The summed E-state index contributed by atoms with van der Waals surface area (Å²) < 4.78 is 5.37. The lowest BCUT2D eigenvalue weighted by Crippen LogP contribution is -2.56. The number of carbonyl (C=O) groups is 2. The predicted octanol–water partition coefficient (Wildman–Crippen LogP) is 2.68. The van der Waals surface area contributed by atoms with E-state index in [1.807, 2.05) is 13.8 Å². The van der Waals surface area contributed by atoms with Crippen molar-refractivity contribution in [3.05, 3.63) is 28.8 Å². The molecule has 0 aliphatic carbocycles. The van der Waals surface area contributed by atoms with Crippen molar-refractivity contribution in [1.82, 2.24) is 4.90 Å². The van der Waals surface area contributed by atoms with Gasteiger partial charge >= 0.3 is 12.0 Å². The Morgan fingerprint density at radius 3 is 2.71 bits per heavy atom. The summed E-state index contributed by atoms with van der Waals surface area (Å²) in [5, 5.41) is 11.8. The molecule has 1 aromatic carbocycles. The molecule has 1 heterocycles. The number of urea groups is 1. The van der Waals surface area contributed by atoms with E-state index in [9.17, 15) is 9.59 Å². The highest BCUT2D eigenvalue weighted by Gasteiger charge is 2.34. The van der Waals surface area contributed by atoms with E-state index in [0.29, 0.717) is 25.4 Å². The zero-order chi connectivity index (χ0) is 15.6. The fraction of sp³-hybridized carbons (Fsp3) is 0.429. The molecule has 2 N–H and O–H groups in total. The number of morpholine rings is 1. The Balaban J connectivity index is 2.14. The van der Waals surface area contributed by atoms with Crippen molar-refractivity contribution in [2.24, 2.45) is 0 Å². The Morgan fingerprint density at radius 2 is 2.14 bits per heavy atom. The van der Waals surface area contributed by atoms with Crippen LogP contribution in [0, 0.1) is 0 Å². The molecule has 7 heteroatoms. The quantitative estimate of drug-likeness (QED) is 0.880. The molecule has 0 bridgehead atoms. The van der Waals surface area contributed by atoms with Crippen molar-refractivity contribution in [3.63, 3.8) is 0 Å². The SMILES string of the molecule is CC1(C)COCCN1C(=O)Nc1ccc(C(=O)O)cc1Cl. The van der Waals surface area contributed by atoms with Crippen molar-refractivity contribution in [3.8, 4) is 0 Å². The highest BCUT2D eigenvalue weighted by atomic mass is 35.5. The standard InChI is InChI=1S/C14H17ClN2O4/c1-14(2)8-21-6-5-17(14)13(20)16-11-4-3-9(12(18)19)7-10(11)15/h3-4,7H,5-6,8H2,1-2H3,(H,16,20)(H,18,19). The fourth-order valence-electron chi connectivity index (χ4n) is 2.17. The lowest BCUT2D eigenvalue weighted by Gasteiger charge is -2.41. The number of amides is 2. The Morgan fingerprint density at radius 1 is 1.43 bits per heavy atom. The molecule has 1 aliphatic rings. The number of carboxylic acids is 1. The lowest BCUT2D eigenvalue weighted by atomic mass is 10.0. The number of aromatic carboxylic acids is 1. The normalized spacial score (nSPS) is 17.4. The third kappa shape index (κ3) is 3.46.